The van der Waals surface area contributed by atoms with E-state index in [4.69, 9.17) is 14.2 Å². The monoisotopic (exact) mass is 294 g/mol. The van der Waals surface area contributed by atoms with Gasteiger partial charge in [0.15, 0.2) is 0 Å². The van der Waals surface area contributed by atoms with Crippen LogP contribution in [0.3, 0.4) is 0 Å². The van der Waals surface area contributed by atoms with Crippen LogP contribution in [0.5, 0.6) is 11.5 Å². The van der Waals surface area contributed by atoms with E-state index in [0.717, 1.165) is 19.4 Å². The second-order valence-corrected chi connectivity index (χ2v) is 5.00. The van der Waals surface area contributed by atoms with Gasteiger partial charge in [-0.25, -0.2) is 4.79 Å². The third-order valence-corrected chi connectivity index (χ3v) is 3.54. The van der Waals surface area contributed by atoms with Gasteiger partial charge in [-0.15, -0.1) is 0 Å². The molecule has 21 heavy (non-hydrogen) atoms. The van der Waals surface area contributed by atoms with Crippen molar-refractivity contribution in [3.8, 4) is 11.5 Å². The van der Waals surface area contributed by atoms with Gasteiger partial charge in [0.1, 0.15) is 11.5 Å². The second-order valence-electron chi connectivity index (χ2n) is 5.00. The molecule has 1 aliphatic heterocycles. The molecule has 0 bridgehead atoms. The summed E-state index contributed by atoms with van der Waals surface area (Å²) in [4.78, 5) is 12.0. The molecule has 1 saturated heterocycles. The fraction of sp³-hybridized carbons (Fsp3) is 0.533. The Hall–Kier alpha value is -1.95. The first-order valence-electron chi connectivity index (χ1n) is 7.05. The number of amides is 2. The summed E-state index contributed by atoms with van der Waals surface area (Å²) in [7, 11) is 3.13. The fourth-order valence-electron chi connectivity index (χ4n) is 2.36. The van der Waals surface area contributed by atoms with Crippen molar-refractivity contribution in [3.63, 3.8) is 0 Å². The van der Waals surface area contributed by atoms with Crippen molar-refractivity contribution in [2.45, 2.75) is 31.9 Å². The highest BCUT2D eigenvalue weighted by atomic mass is 16.5. The quantitative estimate of drug-likeness (QED) is 0.875. The number of benzene rings is 1. The van der Waals surface area contributed by atoms with Gasteiger partial charge in [0.05, 0.1) is 32.1 Å². The molecule has 0 unspecified atom stereocenters. The number of nitrogens with one attached hydrogen (secondary N) is 2. The van der Waals surface area contributed by atoms with E-state index in [-0.39, 0.29) is 18.2 Å². The minimum atomic E-state index is -0.276. The number of carbonyl (C=O) groups excluding carboxylic acids is 1. The molecule has 1 aromatic rings. The second kappa shape index (κ2) is 7.17. The highest BCUT2D eigenvalue weighted by Crippen LogP contribution is 2.29. The zero-order valence-corrected chi connectivity index (χ0v) is 12.6. The van der Waals surface area contributed by atoms with Gasteiger partial charge in [-0.05, 0) is 31.9 Å². The van der Waals surface area contributed by atoms with Gasteiger partial charge in [-0.3, -0.25) is 0 Å². The van der Waals surface area contributed by atoms with E-state index in [1.807, 2.05) is 6.92 Å². The van der Waals surface area contributed by atoms with Gasteiger partial charge in [0, 0.05) is 12.7 Å². The number of hydrogen-bond acceptors (Lipinski definition) is 4. The number of rotatable bonds is 5. The predicted octanol–water partition coefficient (Wildman–Crippen LogP) is 2.39. The van der Waals surface area contributed by atoms with Crippen molar-refractivity contribution >= 4 is 11.7 Å². The lowest BCUT2D eigenvalue weighted by molar-refractivity contribution is 0.0868. The first-order valence-corrected chi connectivity index (χ1v) is 7.05. The molecule has 0 aromatic heterocycles. The van der Waals surface area contributed by atoms with Crippen molar-refractivity contribution in [1.82, 2.24) is 5.32 Å². The molecule has 116 valence electrons. The normalized spacial score (nSPS) is 18.9. The maximum Gasteiger partial charge on any atom is 0.319 e. The lowest BCUT2D eigenvalue weighted by Crippen LogP contribution is -2.43. The largest absolute Gasteiger partial charge is 0.497 e. The van der Waals surface area contributed by atoms with E-state index in [1.54, 1.807) is 32.4 Å². The van der Waals surface area contributed by atoms with Crippen LogP contribution in [-0.2, 0) is 4.74 Å². The summed E-state index contributed by atoms with van der Waals surface area (Å²) in [6, 6.07) is 4.92. The summed E-state index contributed by atoms with van der Waals surface area (Å²) in [6.07, 6.45) is 2.12. The molecule has 2 N–H and O–H groups in total. The Kier molecular flexibility index (Phi) is 5.27. The minimum Gasteiger partial charge on any atom is -0.497 e. The van der Waals surface area contributed by atoms with Crippen LogP contribution < -0.4 is 20.1 Å². The molecule has 6 heteroatoms. The van der Waals surface area contributed by atoms with Crippen molar-refractivity contribution in [2.24, 2.45) is 0 Å². The predicted molar refractivity (Wildman–Crippen MR) is 80.1 cm³/mol. The van der Waals surface area contributed by atoms with Crippen LogP contribution in [0.4, 0.5) is 10.5 Å². The van der Waals surface area contributed by atoms with Crippen molar-refractivity contribution in [1.29, 1.82) is 0 Å². The molecule has 1 aromatic carbocycles. The number of methoxy groups -OCH3 is 2. The van der Waals surface area contributed by atoms with E-state index >= 15 is 0 Å². The topological polar surface area (TPSA) is 68.8 Å². The average Bonchev–Trinajstić information content (AvgIpc) is 3.01. The van der Waals surface area contributed by atoms with Crippen LogP contribution in [0.1, 0.15) is 19.8 Å². The third-order valence-electron chi connectivity index (χ3n) is 3.54. The number of ether oxygens (including phenoxy) is 3. The standard InChI is InChI=1S/C15H22N2O4/c1-10(13-5-4-8-21-13)16-15(18)17-12-7-6-11(19-2)9-14(12)20-3/h6-7,9-10,13H,4-5,8H2,1-3H3,(H2,16,17,18)/t10-,13-/m1/s1. The molecule has 0 saturated carbocycles. The maximum atomic E-state index is 12.0. The average molecular weight is 294 g/mol. The molecule has 0 radical (unpaired) electrons. The molecule has 2 atom stereocenters. The molecule has 2 rings (SSSR count). The highest BCUT2D eigenvalue weighted by molar-refractivity contribution is 5.91. The Labute approximate surface area is 124 Å². The SMILES string of the molecule is COc1ccc(NC(=O)N[C@H](C)[C@H]2CCCO2)c(OC)c1. The number of hydrogen-bond donors (Lipinski definition) is 2. The Morgan fingerprint density at radius 2 is 2.19 bits per heavy atom. The smallest absolute Gasteiger partial charge is 0.319 e. The lowest BCUT2D eigenvalue weighted by atomic mass is 10.1. The Morgan fingerprint density at radius 1 is 1.38 bits per heavy atom. The van der Waals surface area contributed by atoms with E-state index in [9.17, 15) is 4.79 Å². The van der Waals surface area contributed by atoms with E-state index in [1.165, 1.54) is 0 Å². The van der Waals surface area contributed by atoms with Crippen molar-refractivity contribution in [3.05, 3.63) is 18.2 Å². The summed E-state index contributed by atoms with van der Waals surface area (Å²) in [5.74, 6) is 1.22. The molecule has 0 aliphatic carbocycles. The van der Waals surface area contributed by atoms with Gasteiger partial charge >= 0.3 is 6.03 Å². The zero-order chi connectivity index (χ0) is 15.2. The number of anilines is 1. The first kappa shape index (κ1) is 15.4. The molecule has 1 aliphatic rings. The molecule has 0 spiro atoms. The minimum absolute atomic E-state index is 0.0308. The van der Waals surface area contributed by atoms with Gasteiger partial charge in [-0.1, -0.05) is 0 Å². The van der Waals surface area contributed by atoms with E-state index in [2.05, 4.69) is 10.6 Å². The number of carbonyl (C=O) groups is 1. The summed E-state index contributed by atoms with van der Waals surface area (Å²) in [5, 5.41) is 5.67. The third kappa shape index (κ3) is 4.01. The van der Waals surface area contributed by atoms with Crippen LogP contribution in [-0.4, -0.2) is 39.0 Å². The Morgan fingerprint density at radius 3 is 2.81 bits per heavy atom. The van der Waals surface area contributed by atoms with Crippen LogP contribution in [0.25, 0.3) is 0 Å². The van der Waals surface area contributed by atoms with Crippen LogP contribution in [0.15, 0.2) is 18.2 Å². The van der Waals surface area contributed by atoms with Crippen LogP contribution >= 0.6 is 0 Å². The Balaban J connectivity index is 1.95. The molecule has 1 heterocycles. The van der Waals surface area contributed by atoms with Crippen LogP contribution in [0.2, 0.25) is 0 Å². The summed E-state index contributed by atoms with van der Waals surface area (Å²) in [6.45, 7) is 2.71. The summed E-state index contributed by atoms with van der Waals surface area (Å²) in [5.41, 5.74) is 0.593. The Bertz CT molecular complexity index is 487. The fourth-order valence-corrected chi connectivity index (χ4v) is 2.36. The molecule has 6 nitrogen and oxygen atoms in total. The molecule has 1 fully saturated rings. The number of urea groups is 1. The van der Waals surface area contributed by atoms with Gasteiger partial charge in [0.2, 0.25) is 0 Å². The van der Waals surface area contributed by atoms with Crippen molar-refractivity contribution in [2.75, 3.05) is 26.1 Å². The first-order chi connectivity index (χ1) is 10.1. The lowest BCUT2D eigenvalue weighted by Gasteiger charge is -2.20. The van der Waals surface area contributed by atoms with E-state index in [0.29, 0.717) is 17.2 Å². The van der Waals surface area contributed by atoms with Crippen molar-refractivity contribution < 1.29 is 19.0 Å². The van der Waals surface area contributed by atoms with E-state index < -0.39 is 0 Å². The maximum absolute atomic E-state index is 12.0. The summed E-state index contributed by atoms with van der Waals surface area (Å²) >= 11 is 0. The highest BCUT2D eigenvalue weighted by Gasteiger charge is 2.23. The van der Waals surface area contributed by atoms with Gasteiger partial charge in [-0.2, -0.15) is 0 Å². The van der Waals surface area contributed by atoms with Gasteiger partial charge in [0.25, 0.3) is 0 Å². The molecular weight excluding hydrogens is 272 g/mol. The molecule has 2 amide bonds. The summed E-state index contributed by atoms with van der Waals surface area (Å²) < 4.78 is 15.9. The zero-order valence-electron chi connectivity index (χ0n) is 12.6. The van der Waals surface area contributed by atoms with Crippen LogP contribution in [0, 0.1) is 0 Å². The van der Waals surface area contributed by atoms with Gasteiger partial charge < -0.3 is 24.8 Å². The molecular formula is C15H22N2O4.